The highest BCUT2D eigenvalue weighted by Crippen LogP contribution is 2.25. The molecule has 0 spiro atoms. The van der Waals surface area contributed by atoms with Gasteiger partial charge in [0, 0.05) is 17.3 Å². The third-order valence-electron chi connectivity index (χ3n) is 2.54. The van der Waals surface area contributed by atoms with E-state index in [2.05, 4.69) is 4.98 Å². The van der Waals surface area contributed by atoms with Crippen LogP contribution in [-0.4, -0.2) is 9.07 Å². The van der Waals surface area contributed by atoms with Crippen molar-refractivity contribution in [1.82, 2.24) is 9.07 Å². The van der Waals surface area contributed by atoms with Gasteiger partial charge in [-0.15, -0.1) is 0 Å². The number of rotatable bonds is 1. The Bertz CT molecular complexity index is 629. The molecular weight excluding hydrogens is 220 g/mol. The van der Waals surface area contributed by atoms with Gasteiger partial charge in [-0.25, -0.2) is 9.07 Å². The van der Waals surface area contributed by atoms with Crippen LogP contribution in [-0.2, 0) is 0 Å². The zero-order valence-corrected chi connectivity index (χ0v) is 9.22. The lowest BCUT2D eigenvalue weighted by Crippen LogP contribution is -1.85. The second kappa shape index (κ2) is 3.65. The van der Waals surface area contributed by atoms with Gasteiger partial charge in [0.2, 0.25) is 0 Å². The first-order valence-electron chi connectivity index (χ1n) is 5.05. The smallest absolute Gasteiger partial charge is 0.155 e. The largest absolute Gasteiger partial charge is 0.233 e. The zero-order valence-electron chi connectivity index (χ0n) is 8.47. The summed E-state index contributed by atoms with van der Waals surface area (Å²) >= 11 is 6.25. The van der Waals surface area contributed by atoms with Gasteiger partial charge >= 0.3 is 0 Å². The van der Waals surface area contributed by atoms with Gasteiger partial charge in [-0.05, 0) is 12.1 Å². The lowest BCUT2D eigenvalue weighted by Gasteiger charge is -1.98. The van der Waals surface area contributed by atoms with Crippen LogP contribution in [0.4, 0.5) is 0 Å². The van der Waals surface area contributed by atoms with Crippen LogP contribution in [0, 0.1) is 0 Å². The van der Waals surface area contributed by atoms with Crippen LogP contribution in [0.15, 0.2) is 54.6 Å². The fourth-order valence-electron chi connectivity index (χ4n) is 1.76. The second-order valence-corrected chi connectivity index (χ2v) is 3.91. The van der Waals surface area contributed by atoms with Crippen LogP contribution in [0.3, 0.4) is 0 Å². The SMILES string of the molecule is Cln1c(-c2ccccc2)nc2ccccc21. The summed E-state index contributed by atoms with van der Waals surface area (Å²) in [5.41, 5.74) is 2.87. The molecule has 3 rings (SSSR count). The molecule has 0 unspecified atom stereocenters. The molecule has 0 N–H and O–H groups in total. The highest BCUT2D eigenvalue weighted by atomic mass is 35.5. The maximum Gasteiger partial charge on any atom is 0.155 e. The van der Waals surface area contributed by atoms with E-state index < -0.39 is 0 Å². The van der Waals surface area contributed by atoms with E-state index in [1.165, 1.54) is 0 Å². The van der Waals surface area contributed by atoms with Crippen molar-refractivity contribution < 1.29 is 0 Å². The normalized spacial score (nSPS) is 10.8. The molecule has 0 saturated carbocycles. The number of benzene rings is 2. The van der Waals surface area contributed by atoms with Crippen molar-refractivity contribution >= 4 is 22.8 Å². The van der Waals surface area contributed by atoms with Crippen molar-refractivity contribution in [1.29, 1.82) is 0 Å². The molecule has 78 valence electrons. The van der Waals surface area contributed by atoms with Crippen LogP contribution >= 0.6 is 11.8 Å². The molecule has 0 fully saturated rings. The molecule has 0 aliphatic carbocycles. The third kappa shape index (κ3) is 1.39. The van der Waals surface area contributed by atoms with Gasteiger partial charge in [0.1, 0.15) is 0 Å². The standard InChI is InChI=1S/C13H9ClN2/c14-16-12-9-5-4-8-11(12)15-13(16)10-6-2-1-3-7-10/h1-9H. The highest BCUT2D eigenvalue weighted by molar-refractivity contribution is 6.20. The van der Waals surface area contributed by atoms with E-state index in [1.807, 2.05) is 54.6 Å². The Hall–Kier alpha value is -1.80. The van der Waals surface area contributed by atoms with Crippen LogP contribution < -0.4 is 0 Å². The van der Waals surface area contributed by atoms with E-state index in [0.717, 1.165) is 22.4 Å². The van der Waals surface area contributed by atoms with E-state index in [4.69, 9.17) is 11.8 Å². The molecule has 0 bridgehead atoms. The van der Waals surface area contributed by atoms with Gasteiger partial charge in [0.15, 0.2) is 5.82 Å². The molecule has 2 aromatic carbocycles. The average Bonchev–Trinajstić information content (AvgIpc) is 2.69. The molecule has 1 aromatic heterocycles. The summed E-state index contributed by atoms with van der Waals surface area (Å²) in [5.74, 6) is 0.781. The van der Waals surface area contributed by atoms with Crippen molar-refractivity contribution in [2.75, 3.05) is 0 Å². The lowest BCUT2D eigenvalue weighted by molar-refractivity contribution is 1.25. The van der Waals surface area contributed by atoms with Crippen molar-refractivity contribution in [2.24, 2.45) is 0 Å². The molecular formula is C13H9ClN2. The molecule has 0 aliphatic heterocycles. The lowest BCUT2D eigenvalue weighted by atomic mass is 10.2. The topological polar surface area (TPSA) is 17.8 Å². The number of fused-ring (bicyclic) bond motifs is 1. The number of nitrogens with zero attached hydrogens (tertiary/aromatic N) is 2. The van der Waals surface area contributed by atoms with Crippen molar-refractivity contribution in [3.8, 4) is 11.4 Å². The quantitative estimate of drug-likeness (QED) is 0.621. The average molecular weight is 229 g/mol. The van der Waals surface area contributed by atoms with Crippen LogP contribution in [0.1, 0.15) is 0 Å². The maximum atomic E-state index is 6.25. The zero-order chi connectivity index (χ0) is 11.0. The Labute approximate surface area is 98.2 Å². The molecule has 0 amide bonds. The second-order valence-electron chi connectivity index (χ2n) is 3.57. The first-order valence-corrected chi connectivity index (χ1v) is 5.39. The third-order valence-corrected chi connectivity index (χ3v) is 2.88. The molecule has 3 heteroatoms. The molecule has 0 saturated heterocycles. The van der Waals surface area contributed by atoms with Crippen molar-refractivity contribution in [2.45, 2.75) is 0 Å². The van der Waals surface area contributed by atoms with Gasteiger partial charge in [0.25, 0.3) is 0 Å². The summed E-state index contributed by atoms with van der Waals surface area (Å²) in [5, 5.41) is 0. The number of para-hydroxylation sites is 2. The fraction of sp³-hybridized carbons (Fsp3) is 0. The monoisotopic (exact) mass is 228 g/mol. The van der Waals surface area contributed by atoms with E-state index in [-0.39, 0.29) is 0 Å². The summed E-state index contributed by atoms with van der Waals surface area (Å²) in [7, 11) is 0. The van der Waals surface area contributed by atoms with E-state index >= 15 is 0 Å². The van der Waals surface area contributed by atoms with Gasteiger partial charge in [-0.3, -0.25) is 0 Å². The Kier molecular flexibility index (Phi) is 2.15. The Balaban J connectivity index is 2.29. The summed E-state index contributed by atoms with van der Waals surface area (Å²) in [6.07, 6.45) is 0. The first-order chi connectivity index (χ1) is 7.86. The minimum atomic E-state index is 0.781. The Morgan fingerprint density at radius 2 is 1.56 bits per heavy atom. The summed E-state index contributed by atoms with van der Waals surface area (Å²) in [6.45, 7) is 0. The fourth-order valence-corrected chi connectivity index (χ4v) is 2.04. The molecule has 16 heavy (non-hydrogen) atoms. The molecule has 0 atom stereocenters. The van der Waals surface area contributed by atoms with Crippen LogP contribution in [0.25, 0.3) is 22.4 Å². The van der Waals surface area contributed by atoms with Crippen molar-refractivity contribution in [3.63, 3.8) is 0 Å². The number of aromatic nitrogens is 2. The minimum Gasteiger partial charge on any atom is -0.233 e. The molecule has 0 aliphatic rings. The number of halogens is 1. The molecule has 2 nitrogen and oxygen atoms in total. The first kappa shape index (κ1) is 9.43. The number of hydrogen-bond acceptors (Lipinski definition) is 1. The van der Waals surface area contributed by atoms with Gasteiger partial charge in [-0.2, -0.15) is 0 Å². The molecule has 0 radical (unpaired) electrons. The Morgan fingerprint density at radius 3 is 2.31 bits per heavy atom. The predicted octanol–water partition coefficient (Wildman–Crippen LogP) is 3.71. The Morgan fingerprint density at radius 1 is 0.875 bits per heavy atom. The highest BCUT2D eigenvalue weighted by Gasteiger charge is 2.09. The van der Waals surface area contributed by atoms with Gasteiger partial charge in [-0.1, -0.05) is 42.5 Å². The summed E-state index contributed by atoms with van der Waals surface area (Å²) in [6, 6.07) is 17.8. The minimum absolute atomic E-state index is 0.781. The summed E-state index contributed by atoms with van der Waals surface area (Å²) < 4.78 is 1.60. The van der Waals surface area contributed by atoms with E-state index in [1.54, 1.807) is 4.09 Å². The van der Waals surface area contributed by atoms with Crippen LogP contribution in [0.2, 0.25) is 0 Å². The maximum absolute atomic E-state index is 6.25. The van der Waals surface area contributed by atoms with Gasteiger partial charge < -0.3 is 0 Å². The van der Waals surface area contributed by atoms with E-state index in [9.17, 15) is 0 Å². The van der Waals surface area contributed by atoms with Crippen LogP contribution in [0.5, 0.6) is 0 Å². The summed E-state index contributed by atoms with van der Waals surface area (Å²) in [4.78, 5) is 4.51. The predicted molar refractivity (Wildman–Crippen MR) is 66.4 cm³/mol. The van der Waals surface area contributed by atoms with Gasteiger partial charge in [0.05, 0.1) is 11.0 Å². The van der Waals surface area contributed by atoms with Crippen molar-refractivity contribution in [3.05, 3.63) is 54.6 Å². The number of hydrogen-bond donors (Lipinski definition) is 0. The molecule has 3 aromatic rings. The number of imidazole rings is 1. The van der Waals surface area contributed by atoms with E-state index in [0.29, 0.717) is 0 Å². The molecule has 1 heterocycles.